The van der Waals surface area contributed by atoms with E-state index in [2.05, 4.69) is 39.9 Å². The third-order valence-electron chi connectivity index (χ3n) is 4.30. The molecule has 0 spiro atoms. The summed E-state index contributed by atoms with van der Waals surface area (Å²) < 4.78 is 13.6. The highest BCUT2D eigenvalue weighted by Crippen LogP contribution is 2.30. The van der Waals surface area contributed by atoms with Gasteiger partial charge in [0.15, 0.2) is 0 Å². The second-order valence-corrected chi connectivity index (χ2v) is 7.45. The third-order valence-corrected chi connectivity index (χ3v) is 4.72. The Bertz CT molecular complexity index is 439. The van der Waals surface area contributed by atoms with Crippen LogP contribution < -0.4 is 5.32 Å². The number of hydrogen-bond donors (Lipinski definition) is 1. The molecule has 0 aliphatic carbocycles. The Morgan fingerprint density at radius 1 is 1.29 bits per heavy atom. The summed E-state index contributed by atoms with van der Waals surface area (Å²) in [6.45, 7) is 12.2. The molecule has 0 aliphatic rings. The first-order chi connectivity index (χ1) is 9.75. The lowest BCUT2D eigenvalue weighted by atomic mass is 9.78. The van der Waals surface area contributed by atoms with Gasteiger partial charge in [-0.3, -0.25) is 0 Å². The van der Waals surface area contributed by atoms with Crippen LogP contribution in [0.1, 0.15) is 53.0 Å². The average Bonchev–Trinajstić information content (AvgIpc) is 2.40. The lowest BCUT2D eigenvalue weighted by molar-refractivity contribution is 0.222. The van der Waals surface area contributed by atoms with E-state index in [1.54, 1.807) is 6.07 Å². The van der Waals surface area contributed by atoms with Gasteiger partial charge in [0.1, 0.15) is 5.82 Å². The van der Waals surface area contributed by atoms with Gasteiger partial charge < -0.3 is 5.32 Å². The molecule has 3 heteroatoms. The SMILES string of the molecule is CCCNC(Cc1cccc(F)c1Cl)CC(C)C(C)(C)C. The summed E-state index contributed by atoms with van der Waals surface area (Å²) in [5, 5.41) is 3.85. The molecule has 0 saturated carbocycles. The summed E-state index contributed by atoms with van der Waals surface area (Å²) in [6.07, 6.45) is 2.94. The molecule has 0 heterocycles. The minimum Gasteiger partial charge on any atom is -0.314 e. The number of benzene rings is 1. The molecule has 1 nitrogen and oxygen atoms in total. The van der Waals surface area contributed by atoms with Crippen molar-refractivity contribution in [3.8, 4) is 0 Å². The van der Waals surface area contributed by atoms with Gasteiger partial charge in [-0.25, -0.2) is 4.39 Å². The molecule has 120 valence electrons. The van der Waals surface area contributed by atoms with Crippen molar-refractivity contribution in [1.82, 2.24) is 5.32 Å². The summed E-state index contributed by atoms with van der Waals surface area (Å²) in [5.41, 5.74) is 1.17. The molecule has 0 aromatic heterocycles. The van der Waals surface area contributed by atoms with Gasteiger partial charge in [-0.2, -0.15) is 0 Å². The lowest BCUT2D eigenvalue weighted by Gasteiger charge is -2.31. The number of hydrogen-bond acceptors (Lipinski definition) is 1. The molecule has 2 unspecified atom stereocenters. The van der Waals surface area contributed by atoms with Crippen LogP contribution in [0, 0.1) is 17.2 Å². The second-order valence-electron chi connectivity index (χ2n) is 7.07. The fourth-order valence-corrected chi connectivity index (χ4v) is 2.54. The summed E-state index contributed by atoms with van der Waals surface area (Å²) in [6, 6.07) is 5.41. The van der Waals surface area contributed by atoms with Gasteiger partial charge in [0.25, 0.3) is 0 Å². The van der Waals surface area contributed by atoms with Crippen molar-refractivity contribution in [3.63, 3.8) is 0 Å². The van der Waals surface area contributed by atoms with Crippen LogP contribution in [0.15, 0.2) is 18.2 Å². The zero-order valence-corrected chi connectivity index (χ0v) is 14.7. The molecular weight excluding hydrogens is 285 g/mol. The molecular formula is C18H29ClFN. The van der Waals surface area contributed by atoms with Crippen LogP contribution in [0.25, 0.3) is 0 Å². The first kappa shape index (κ1) is 18.4. The maximum atomic E-state index is 13.6. The van der Waals surface area contributed by atoms with Gasteiger partial charge in [-0.15, -0.1) is 0 Å². The Kier molecular flexibility index (Phi) is 7.15. The average molecular weight is 314 g/mol. The molecule has 0 aliphatic heterocycles. The molecule has 0 radical (unpaired) electrons. The summed E-state index contributed by atoms with van der Waals surface area (Å²) >= 11 is 6.10. The first-order valence-corrected chi connectivity index (χ1v) is 8.29. The van der Waals surface area contributed by atoms with E-state index in [0.717, 1.165) is 31.4 Å². The highest BCUT2D eigenvalue weighted by atomic mass is 35.5. The van der Waals surface area contributed by atoms with E-state index >= 15 is 0 Å². The van der Waals surface area contributed by atoms with E-state index in [-0.39, 0.29) is 16.3 Å². The Balaban J connectivity index is 2.80. The van der Waals surface area contributed by atoms with Crippen LogP contribution in [0.5, 0.6) is 0 Å². The van der Waals surface area contributed by atoms with Crippen molar-refractivity contribution >= 4 is 11.6 Å². The Labute approximate surface area is 134 Å². The van der Waals surface area contributed by atoms with Crippen molar-refractivity contribution in [2.75, 3.05) is 6.54 Å². The summed E-state index contributed by atoms with van der Waals surface area (Å²) in [5.74, 6) is 0.256. The fourth-order valence-electron chi connectivity index (χ4n) is 2.34. The minimum atomic E-state index is -0.327. The first-order valence-electron chi connectivity index (χ1n) is 7.92. The van der Waals surface area contributed by atoms with Gasteiger partial charge in [0.05, 0.1) is 5.02 Å². The zero-order chi connectivity index (χ0) is 16.0. The molecule has 2 atom stereocenters. The molecule has 0 amide bonds. The van der Waals surface area contributed by atoms with E-state index in [9.17, 15) is 4.39 Å². The van der Waals surface area contributed by atoms with Gasteiger partial charge >= 0.3 is 0 Å². The third kappa shape index (κ3) is 5.96. The normalized spacial score (nSPS) is 15.0. The summed E-state index contributed by atoms with van der Waals surface area (Å²) in [4.78, 5) is 0. The van der Waals surface area contributed by atoms with Crippen LogP contribution in [-0.2, 0) is 6.42 Å². The number of halogens is 2. The van der Waals surface area contributed by atoms with E-state index < -0.39 is 0 Å². The van der Waals surface area contributed by atoms with Crippen molar-refractivity contribution in [2.45, 2.75) is 59.9 Å². The largest absolute Gasteiger partial charge is 0.314 e. The van der Waals surface area contributed by atoms with Crippen LogP contribution in [0.4, 0.5) is 4.39 Å². The Morgan fingerprint density at radius 3 is 2.52 bits per heavy atom. The topological polar surface area (TPSA) is 12.0 Å². The zero-order valence-electron chi connectivity index (χ0n) is 14.0. The molecule has 1 aromatic carbocycles. The predicted octanol–water partition coefficient (Wildman–Crippen LogP) is 5.46. The minimum absolute atomic E-state index is 0.268. The summed E-state index contributed by atoms with van der Waals surface area (Å²) in [7, 11) is 0. The van der Waals surface area contributed by atoms with Crippen LogP contribution in [-0.4, -0.2) is 12.6 Å². The van der Waals surface area contributed by atoms with E-state index in [1.165, 1.54) is 6.07 Å². The van der Waals surface area contributed by atoms with Gasteiger partial charge in [0.2, 0.25) is 0 Å². The van der Waals surface area contributed by atoms with E-state index in [1.807, 2.05) is 6.07 Å². The van der Waals surface area contributed by atoms with Crippen LogP contribution in [0.3, 0.4) is 0 Å². The standard InChI is InChI=1S/C18H29ClFN/c1-6-10-21-15(11-13(2)18(3,4)5)12-14-8-7-9-16(20)17(14)19/h7-9,13,15,21H,6,10-12H2,1-5H3. The maximum Gasteiger partial charge on any atom is 0.142 e. The van der Waals surface area contributed by atoms with Crippen molar-refractivity contribution in [2.24, 2.45) is 11.3 Å². The number of nitrogens with one attached hydrogen (secondary N) is 1. The molecule has 21 heavy (non-hydrogen) atoms. The quantitative estimate of drug-likeness (QED) is 0.704. The molecule has 0 saturated heterocycles. The molecule has 1 rings (SSSR count). The molecule has 0 bridgehead atoms. The number of rotatable bonds is 7. The van der Waals surface area contributed by atoms with Gasteiger partial charge in [-0.1, -0.05) is 58.4 Å². The van der Waals surface area contributed by atoms with Crippen LogP contribution >= 0.6 is 11.6 Å². The van der Waals surface area contributed by atoms with E-state index in [0.29, 0.717) is 12.0 Å². The monoisotopic (exact) mass is 313 g/mol. The Morgan fingerprint density at radius 2 is 1.95 bits per heavy atom. The van der Waals surface area contributed by atoms with E-state index in [4.69, 9.17) is 11.6 Å². The van der Waals surface area contributed by atoms with Gasteiger partial charge in [-0.05, 0) is 48.8 Å². The maximum absolute atomic E-state index is 13.6. The highest BCUT2D eigenvalue weighted by molar-refractivity contribution is 6.31. The molecule has 1 aromatic rings. The fraction of sp³-hybridized carbons (Fsp3) is 0.667. The van der Waals surface area contributed by atoms with Crippen LogP contribution in [0.2, 0.25) is 5.02 Å². The van der Waals surface area contributed by atoms with Crippen molar-refractivity contribution in [1.29, 1.82) is 0 Å². The van der Waals surface area contributed by atoms with Gasteiger partial charge in [0, 0.05) is 6.04 Å². The molecule has 0 fully saturated rings. The van der Waals surface area contributed by atoms with Crippen molar-refractivity contribution < 1.29 is 4.39 Å². The molecule has 1 N–H and O–H groups in total. The lowest BCUT2D eigenvalue weighted by Crippen LogP contribution is -2.36. The highest BCUT2D eigenvalue weighted by Gasteiger charge is 2.24. The predicted molar refractivity (Wildman–Crippen MR) is 90.4 cm³/mol. The second kappa shape index (κ2) is 8.14. The Hall–Kier alpha value is -0.600. The smallest absolute Gasteiger partial charge is 0.142 e. The van der Waals surface area contributed by atoms with Crippen molar-refractivity contribution in [3.05, 3.63) is 34.6 Å².